The van der Waals surface area contributed by atoms with Crippen molar-refractivity contribution in [3.63, 3.8) is 0 Å². The minimum atomic E-state index is -3.79. The number of tetrazole rings is 3. The van der Waals surface area contributed by atoms with Crippen molar-refractivity contribution in [1.82, 2.24) is 61.0 Å². The van der Waals surface area contributed by atoms with E-state index in [0.717, 1.165) is 30.9 Å². The van der Waals surface area contributed by atoms with Crippen molar-refractivity contribution in [3.05, 3.63) is 17.5 Å². The Hall–Kier alpha value is -3.92. The molecule has 0 atom stereocenters. The van der Waals surface area contributed by atoms with Crippen molar-refractivity contribution < 1.29 is 46.8 Å². The average molecular weight is 969 g/mol. The van der Waals surface area contributed by atoms with Crippen LogP contribution < -0.4 is 0 Å². The maximum Gasteiger partial charge on any atom is 0.326 e. The number of carboxylic acids is 1. The van der Waals surface area contributed by atoms with E-state index in [1.807, 2.05) is 20.8 Å². The number of carbonyl (C=O) groups is 3. The molecular formula is C41H85N12O10PS. The second-order valence-electron chi connectivity index (χ2n) is 22.7. The van der Waals surface area contributed by atoms with E-state index in [0.29, 0.717) is 5.82 Å². The second kappa shape index (κ2) is 28.3. The lowest BCUT2D eigenvalue weighted by Gasteiger charge is -2.17. The molecule has 0 fully saturated rings. The number of aromatic amines is 1. The van der Waals surface area contributed by atoms with Gasteiger partial charge in [0.1, 0.15) is 13.1 Å². The highest BCUT2D eigenvalue weighted by Crippen LogP contribution is 2.41. The lowest BCUT2D eigenvalue weighted by atomic mass is 9.92. The standard InChI is InChI=1S/2C9H16N4O.C6H12N4.C6H12O2.C5H13O3P.C5H12O3S.CH4/c1-7(14)6-13-8(10-11-12-13)5-9(2,3)4;1-7(14)6-13-11-8(10-12-13)5-9(2,3)4;1-6(2,3)4-5-7-9-10-8-5;1-6(2,3)4-5(7)8;2*1-5(2,3)4-9(6,7)8;/h2*5-6H2,1-4H3;4H2,1-3H3,(H,7,8,9,10);4H2,1-3H3,(H,7,8);4H2,1-3H3,(H2,6,7,8);4H2,1-3H3,(H,6,7,8);1H4. The van der Waals surface area contributed by atoms with Crippen molar-refractivity contribution in [3.8, 4) is 0 Å². The van der Waals surface area contributed by atoms with E-state index in [1.54, 1.807) is 46.2 Å². The molecule has 0 saturated heterocycles. The molecule has 0 bridgehead atoms. The first-order chi connectivity index (χ1) is 28.2. The number of nitrogens with one attached hydrogen (secondary N) is 1. The zero-order chi connectivity index (χ0) is 51.3. The summed E-state index contributed by atoms with van der Waals surface area (Å²) in [7, 11) is -7.57. The maximum atomic E-state index is 10.9. The molecule has 22 nitrogen and oxygen atoms in total. The van der Waals surface area contributed by atoms with Gasteiger partial charge in [-0.05, 0) is 62.0 Å². The van der Waals surface area contributed by atoms with Gasteiger partial charge in [0.2, 0.25) is 0 Å². The Kier molecular flexibility index (Phi) is 29.5. The lowest BCUT2D eigenvalue weighted by molar-refractivity contribution is -0.139. The summed E-state index contributed by atoms with van der Waals surface area (Å²) in [5, 5.41) is 44.9. The monoisotopic (exact) mass is 969 g/mol. The van der Waals surface area contributed by atoms with E-state index in [2.05, 4.69) is 114 Å². The minimum Gasteiger partial charge on any atom is -0.481 e. The van der Waals surface area contributed by atoms with Gasteiger partial charge in [-0.15, -0.1) is 25.5 Å². The Morgan fingerprint density at radius 1 is 0.646 bits per heavy atom. The first-order valence-corrected chi connectivity index (χ1v) is 24.0. The van der Waals surface area contributed by atoms with Gasteiger partial charge in [-0.2, -0.15) is 18.4 Å². The summed E-state index contributed by atoms with van der Waals surface area (Å²) in [6.45, 7) is 39.0. The molecule has 0 aliphatic rings. The second-order valence-corrected chi connectivity index (χ2v) is 25.8. The number of Topliss-reactive ketones (excluding diaryl/α,β-unsaturated/α-hetero) is 2. The van der Waals surface area contributed by atoms with Crippen LogP contribution in [0.3, 0.4) is 0 Å². The largest absolute Gasteiger partial charge is 0.481 e. The van der Waals surface area contributed by atoms with Crippen molar-refractivity contribution in [2.45, 2.75) is 185 Å². The Balaban J connectivity index is -0.000000348. The quantitative estimate of drug-likeness (QED) is 0.103. The van der Waals surface area contributed by atoms with Crippen LogP contribution in [0.5, 0.6) is 0 Å². The molecule has 0 spiro atoms. The van der Waals surface area contributed by atoms with Gasteiger partial charge in [-0.25, -0.2) is 4.68 Å². The van der Waals surface area contributed by atoms with Crippen molar-refractivity contribution in [1.29, 1.82) is 0 Å². The van der Waals surface area contributed by atoms with E-state index in [-0.39, 0.29) is 82.9 Å². The minimum absolute atomic E-state index is 0. The number of aromatic nitrogens is 12. The zero-order valence-electron chi connectivity index (χ0n) is 42.2. The summed E-state index contributed by atoms with van der Waals surface area (Å²) in [4.78, 5) is 50.0. The van der Waals surface area contributed by atoms with Crippen molar-refractivity contribution in [2.24, 2.45) is 32.5 Å². The third-order valence-electron chi connectivity index (χ3n) is 6.27. The molecule has 0 unspecified atom stereocenters. The van der Waals surface area contributed by atoms with Crippen LogP contribution in [-0.4, -0.2) is 118 Å². The molecule has 3 rings (SSSR count). The number of carboxylic acid groups (broad SMARTS) is 1. The van der Waals surface area contributed by atoms with Gasteiger partial charge < -0.3 is 14.9 Å². The summed E-state index contributed by atoms with van der Waals surface area (Å²) in [5.41, 5.74) is -0.199. The molecule has 3 aromatic heterocycles. The van der Waals surface area contributed by atoms with Gasteiger partial charge in [0.25, 0.3) is 10.1 Å². The molecule has 3 aromatic rings. The number of rotatable bonds is 10. The number of hydrogen-bond acceptors (Lipinski definition) is 15. The zero-order valence-corrected chi connectivity index (χ0v) is 43.9. The molecule has 5 N–H and O–H groups in total. The smallest absolute Gasteiger partial charge is 0.326 e. The predicted molar refractivity (Wildman–Crippen MR) is 251 cm³/mol. The molecule has 0 saturated carbocycles. The van der Waals surface area contributed by atoms with Gasteiger partial charge in [0, 0.05) is 19.3 Å². The van der Waals surface area contributed by atoms with Crippen molar-refractivity contribution in [2.75, 3.05) is 11.9 Å². The van der Waals surface area contributed by atoms with Crippen molar-refractivity contribution >= 4 is 35.2 Å². The van der Waals surface area contributed by atoms with Gasteiger partial charge in [0.05, 0.1) is 18.3 Å². The van der Waals surface area contributed by atoms with Crippen LogP contribution in [0, 0.1) is 32.5 Å². The Morgan fingerprint density at radius 3 is 1.38 bits per heavy atom. The van der Waals surface area contributed by atoms with Gasteiger partial charge in [-0.1, -0.05) is 137 Å². The maximum absolute atomic E-state index is 10.9. The third kappa shape index (κ3) is 52.6. The summed E-state index contributed by atoms with van der Waals surface area (Å²) >= 11 is 0. The molecule has 0 aliphatic heterocycles. The third-order valence-corrected chi connectivity index (χ3v) is 8.86. The average Bonchev–Trinajstić information content (AvgIpc) is 3.70. The fourth-order valence-electron chi connectivity index (χ4n) is 4.60. The van der Waals surface area contributed by atoms with Gasteiger partial charge in [0.15, 0.2) is 29.0 Å². The van der Waals surface area contributed by atoms with Crippen LogP contribution in [0.4, 0.5) is 0 Å². The SMILES string of the molecule is C.CC(=O)Cn1nnc(CC(C)(C)C)n1.CC(=O)Cn1nnnc1CC(C)(C)C.CC(C)(C)CC(=O)O.CC(C)(C)CP(=O)(O)O.CC(C)(C)CS(=O)(=O)O.CC(C)(C)Cc1nn[nH]n1. The Bertz CT molecular complexity index is 1950. The number of H-pyrrole nitrogens is 1. The van der Waals surface area contributed by atoms with Crippen LogP contribution in [0.1, 0.15) is 170 Å². The Labute approximate surface area is 388 Å². The molecular weight excluding hydrogens is 884 g/mol. The molecule has 0 aromatic carbocycles. The summed E-state index contributed by atoms with van der Waals surface area (Å²) in [6.07, 6.45) is 2.61. The van der Waals surface area contributed by atoms with E-state index < -0.39 is 23.7 Å². The fraction of sp³-hybridized carbons (Fsp3) is 0.854. The normalized spacial score (nSPS) is 12.1. The predicted octanol–water partition coefficient (Wildman–Crippen LogP) is 6.76. The summed E-state index contributed by atoms with van der Waals surface area (Å²) in [5.74, 6) is 1.44. The first kappa shape index (κ1) is 67.7. The topological polar surface area (TPSA) is 325 Å². The Morgan fingerprint density at radius 2 is 1.11 bits per heavy atom. The molecule has 0 radical (unpaired) electrons. The fourth-order valence-corrected chi connectivity index (χ4v) is 6.93. The molecule has 24 heteroatoms. The molecule has 0 amide bonds. The summed E-state index contributed by atoms with van der Waals surface area (Å²) < 4.78 is 40.6. The molecule has 3 heterocycles. The number of hydrogen-bond donors (Lipinski definition) is 5. The van der Waals surface area contributed by atoms with Crippen LogP contribution in [0.2, 0.25) is 0 Å². The highest BCUT2D eigenvalue weighted by molar-refractivity contribution is 7.85. The first-order valence-electron chi connectivity index (χ1n) is 20.6. The van der Waals surface area contributed by atoms with E-state index >= 15 is 0 Å². The molecule has 380 valence electrons. The van der Waals surface area contributed by atoms with E-state index in [9.17, 15) is 27.4 Å². The van der Waals surface area contributed by atoms with Crippen LogP contribution in [0.25, 0.3) is 0 Å². The number of ketones is 2. The number of nitrogens with zero attached hydrogens (tertiary/aromatic N) is 11. The number of carbonyl (C=O) groups excluding carboxylic acids is 2. The van der Waals surface area contributed by atoms with E-state index in [4.69, 9.17) is 19.4 Å². The van der Waals surface area contributed by atoms with Gasteiger partial charge >= 0.3 is 13.6 Å². The van der Waals surface area contributed by atoms with Crippen LogP contribution >= 0.6 is 7.60 Å². The number of aliphatic carboxylic acids is 1. The van der Waals surface area contributed by atoms with Gasteiger partial charge in [-0.3, -0.25) is 23.5 Å². The van der Waals surface area contributed by atoms with E-state index in [1.165, 1.54) is 18.6 Å². The molecule has 0 aliphatic carbocycles. The molecule has 65 heavy (non-hydrogen) atoms. The van der Waals surface area contributed by atoms with Crippen LogP contribution in [-0.2, 0) is 61.4 Å². The highest BCUT2D eigenvalue weighted by atomic mass is 32.2. The highest BCUT2D eigenvalue weighted by Gasteiger charge is 2.23. The lowest BCUT2D eigenvalue weighted by Crippen LogP contribution is -2.19. The summed E-state index contributed by atoms with van der Waals surface area (Å²) in [6, 6.07) is 0. The van der Waals surface area contributed by atoms with Crippen LogP contribution in [0.15, 0.2) is 0 Å².